The molecule has 2 aromatic carbocycles. The van der Waals surface area contributed by atoms with Crippen LogP contribution in [0.2, 0.25) is 10.0 Å². The molecular formula is C24H14Cl2N4O3. The van der Waals surface area contributed by atoms with Crippen LogP contribution in [0, 0.1) is 0 Å². The molecule has 0 aliphatic heterocycles. The topological polar surface area (TPSA) is 94.1 Å². The third kappa shape index (κ3) is 4.37. The molecule has 9 heteroatoms. The number of hydrogen-bond acceptors (Lipinski definition) is 6. The van der Waals surface area contributed by atoms with Crippen LogP contribution < -0.4 is 5.32 Å². The number of benzene rings is 2. The Kier molecular flexibility index (Phi) is 5.64. The lowest BCUT2D eigenvalue weighted by Gasteiger charge is -2.07. The predicted molar refractivity (Wildman–Crippen MR) is 125 cm³/mol. The van der Waals surface area contributed by atoms with Crippen molar-refractivity contribution in [2.24, 2.45) is 0 Å². The number of hydrogen-bond donors (Lipinski definition) is 1. The summed E-state index contributed by atoms with van der Waals surface area (Å²) >= 11 is 12.3. The molecule has 0 atom stereocenters. The summed E-state index contributed by atoms with van der Waals surface area (Å²) in [4.78, 5) is 21.4. The first-order chi connectivity index (χ1) is 16.1. The van der Waals surface area contributed by atoms with E-state index in [0.29, 0.717) is 38.4 Å². The molecule has 0 fully saturated rings. The Balaban J connectivity index is 1.40. The highest BCUT2D eigenvalue weighted by Crippen LogP contribution is 2.33. The molecule has 3 aromatic heterocycles. The lowest BCUT2D eigenvalue weighted by atomic mass is 10.1. The lowest BCUT2D eigenvalue weighted by Crippen LogP contribution is -2.11. The molecule has 1 amide bonds. The van der Waals surface area contributed by atoms with E-state index < -0.39 is 5.91 Å². The minimum absolute atomic E-state index is 0.109. The molecule has 3 heterocycles. The lowest BCUT2D eigenvalue weighted by molar-refractivity contribution is 0.0997. The van der Waals surface area contributed by atoms with Gasteiger partial charge in [0.2, 0.25) is 5.82 Å². The van der Waals surface area contributed by atoms with Crippen LogP contribution in [0.15, 0.2) is 88.1 Å². The Bertz CT molecular complexity index is 1450. The summed E-state index contributed by atoms with van der Waals surface area (Å²) in [6.07, 6.45) is 3.30. The zero-order valence-electron chi connectivity index (χ0n) is 16.8. The van der Waals surface area contributed by atoms with Crippen molar-refractivity contribution < 1.29 is 13.7 Å². The van der Waals surface area contributed by atoms with Gasteiger partial charge in [0.05, 0.1) is 16.3 Å². The fraction of sp³-hybridized carbons (Fsp3) is 0. The Hall–Kier alpha value is -3.94. The van der Waals surface area contributed by atoms with E-state index in [1.54, 1.807) is 67.0 Å². The SMILES string of the molecule is O=C(Nc1ccccc1-c1nc(-c2cccnc2)no1)c1ccc(-c2cc(Cl)ccc2Cl)o1. The third-order valence-electron chi connectivity index (χ3n) is 4.78. The highest BCUT2D eigenvalue weighted by molar-refractivity contribution is 6.35. The molecule has 0 saturated heterocycles. The Morgan fingerprint density at radius 3 is 2.67 bits per heavy atom. The number of nitrogens with zero attached hydrogens (tertiary/aromatic N) is 3. The van der Waals surface area contributed by atoms with Crippen molar-refractivity contribution in [3.05, 3.63) is 94.9 Å². The number of carbonyl (C=O) groups excluding carboxylic acids is 1. The molecule has 5 rings (SSSR count). The number of furan rings is 1. The molecule has 162 valence electrons. The summed E-state index contributed by atoms with van der Waals surface area (Å²) in [6, 6.07) is 19.0. The highest BCUT2D eigenvalue weighted by Gasteiger charge is 2.19. The van der Waals surface area contributed by atoms with Gasteiger partial charge in [0.15, 0.2) is 5.76 Å². The van der Waals surface area contributed by atoms with Crippen molar-refractivity contribution in [1.29, 1.82) is 0 Å². The van der Waals surface area contributed by atoms with Crippen molar-refractivity contribution in [3.63, 3.8) is 0 Å². The molecule has 0 saturated carbocycles. The van der Waals surface area contributed by atoms with Gasteiger partial charge in [-0.15, -0.1) is 0 Å². The van der Waals surface area contributed by atoms with Gasteiger partial charge in [-0.3, -0.25) is 9.78 Å². The van der Waals surface area contributed by atoms with Crippen molar-refractivity contribution in [2.75, 3.05) is 5.32 Å². The number of aromatic nitrogens is 3. The standard InChI is InChI=1S/C24H14Cl2N4O3/c25-15-7-8-18(26)17(12-15)20-9-10-21(32-20)23(31)28-19-6-2-1-5-16(19)24-29-22(30-33-24)14-4-3-11-27-13-14/h1-13H,(H,28,31). The summed E-state index contributed by atoms with van der Waals surface area (Å²) in [5.41, 5.74) is 2.37. The molecule has 5 aromatic rings. The number of anilines is 1. The Morgan fingerprint density at radius 1 is 0.939 bits per heavy atom. The maximum Gasteiger partial charge on any atom is 0.291 e. The van der Waals surface area contributed by atoms with Crippen LogP contribution in [0.5, 0.6) is 0 Å². The Morgan fingerprint density at radius 2 is 1.82 bits per heavy atom. The van der Waals surface area contributed by atoms with E-state index in [0.717, 1.165) is 5.56 Å². The number of rotatable bonds is 5. The number of amides is 1. The average molecular weight is 477 g/mol. The number of nitrogens with one attached hydrogen (secondary N) is 1. The van der Waals surface area contributed by atoms with Crippen molar-refractivity contribution in [2.45, 2.75) is 0 Å². The molecule has 0 unspecified atom stereocenters. The van der Waals surface area contributed by atoms with Crippen LogP contribution in [0.25, 0.3) is 34.2 Å². The van der Waals surface area contributed by atoms with Gasteiger partial charge in [0.1, 0.15) is 5.76 Å². The van der Waals surface area contributed by atoms with Crippen LogP contribution in [0.1, 0.15) is 10.6 Å². The van der Waals surface area contributed by atoms with Crippen molar-refractivity contribution in [1.82, 2.24) is 15.1 Å². The van der Waals surface area contributed by atoms with Gasteiger partial charge in [-0.05, 0) is 54.6 Å². The quantitative estimate of drug-likeness (QED) is 0.306. The molecule has 33 heavy (non-hydrogen) atoms. The van der Waals surface area contributed by atoms with Crippen LogP contribution in [0.3, 0.4) is 0 Å². The van der Waals surface area contributed by atoms with E-state index in [1.807, 2.05) is 12.1 Å². The molecule has 0 bridgehead atoms. The third-order valence-corrected chi connectivity index (χ3v) is 5.34. The number of halogens is 2. The van der Waals surface area contributed by atoms with Crippen molar-refractivity contribution in [3.8, 4) is 34.2 Å². The van der Waals surface area contributed by atoms with Gasteiger partial charge >= 0.3 is 0 Å². The molecule has 1 N–H and O–H groups in total. The normalized spacial score (nSPS) is 10.8. The van der Waals surface area contributed by atoms with Gasteiger partial charge in [-0.25, -0.2) is 0 Å². The summed E-state index contributed by atoms with van der Waals surface area (Å²) < 4.78 is 11.2. The van der Waals surface area contributed by atoms with Crippen molar-refractivity contribution >= 4 is 34.8 Å². The van der Waals surface area contributed by atoms with Crippen LogP contribution in [-0.2, 0) is 0 Å². The molecule has 0 aliphatic rings. The zero-order chi connectivity index (χ0) is 22.8. The van der Waals surface area contributed by atoms with E-state index in [4.69, 9.17) is 32.1 Å². The van der Waals surface area contributed by atoms with Crippen LogP contribution in [-0.4, -0.2) is 21.0 Å². The number of para-hydroxylation sites is 1. The van der Waals surface area contributed by atoms with Crippen LogP contribution in [0.4, 0.5) is 5.69 Å². The summed E-state index contributed by atoms with van der Waals surface area (Å²) in [6.45, 7) is 0. The zero-order valence-corrected chi connectivity index (χ0v) is 18.3. The monoisotopic (exact) mass is 476 g/mol. The molecule has 0 spiro atoms. The maximum atomic E-state index is 12.9. The second-order valence-electron chi connectivity index (χ2n) is 6.95. The van der Waals surface area contributed by atoms with Crippen LogP contribution >= 0.6 is 23.2 Å². The van der Waals surface area contributed by atoms with Gasteiger partial charge in [-0.1, -0.05) is 40.5 Å². The second-order valence-corrected chi connectivity index (χ2v) is 7.80. The number of carbonyl (C=O) groups is 1. The van der Waals surface area contributed by atoms with Gasteiger partial charge < -0.3 is 14.3 Å². The predicted octanol–water partition coefficient (Wildman–Crippen LogP) is 6.62. The van der Waals surface area contributed by atoms with Gasteiger partial charge in [0, 0.05) is 28.5 Å². The van der Waals surface area contributed by atoms with Gasteiger partial charge in [-0.2, -0.15) is 4.98 Å². The highest BCUT2D eigenvalue weighted by atomic mass is 35.5. The average Bonchev–Trinajstić information content (AvgIpc) is 3.52. The first kappa shape index (κ1) is 20.9. The van der Waals surface area contributed by atoms with E-state index in [1.165, 1.54) is 0 Å². The van der Waals surface area contributed by atoms with E-state index in [2.05, 4.69) is 20.4 Å². The molecule has 7 nitrogen and oxygen atoms in total. The first-order valence-corrected chi connectivity index (χ1v) is 10.5. The summed E-state index contributed by atoms with van der Waals surface area (Å²) in [5, 5.41) is 7.82. The molecule has 0 aliphatic carbocycles. The first-order valence-electron chi connectivity index (χ1n) is 9.78. The van der Waals surface area contributed by atoms with Gasteiger partial charge in [0.25, 0.3) is 11.8 Å². The Labute approximate surface area is 198 Å². The van der Waals surface area contributed by atoms with E-state index in [9.17, 15) is 4.79 Å². The maximum absolute atomic E-state index is 12.9. The smallest absolute Gasteiger partial charge is 0.291 e. The van der Waals surface area contributed by atoms with E-state index in [-0.39, 0.29) is 11.7 Å². The second kappa shape index (κ2) is 8.90. The largest absolute Gasteiger partial charge is 0.451 e. The summed E-state index contributed by atoms with van der Waals surface area (Å²) in [5.74, 6) is 0.749. The van der Waals surface area contributed by atoms with E-state index >= 15 is 0 Å². The minimum Gasteiger partial charge on any atom is -0.451 e. The molecular weight excluding hydrogens is 463 g/mol. The fourth-order valence-electron chi connectivity index (χ4n) is 3.20. The fourth-order valence-corrected chi connectivity index (χ4v) is 3.58. The molecule has 0 radical (unpaired) electrons. The number of pyridine rings is 1. The summed E-state index contributed by atoms with van der Waals surface area (Å²) in [7, 11) is 0. The minimum atomic E-state index is -0.446.